The van der Waals surface area contributed by atoms with E-state index in [9.17, 15) is 4.79 Å². The molecule has 3 nitrogen and oxygen atoms in total. The largest absolute Gasteiger partial charge is 0.493 e. The fourth-order valence-electron chi connectivity index (χ4n) is 1.78. The summed E-state index contributed by atoms with van der Waals surface area (Å²) < 4.78 is 5.78. The van der Waals surface area contributed by atoms with Crippen molar-refractivity contribution in [2.24, 2.45) is 5.41 Å². The predicted octanol–water partition coefficient (Wildman–Crippen LogP) is 3.43. The summed E-state index contributed by atoms with van der Waals surface area (Å²) in [6.07, 6.45) is 5.96. The second kappa shape index (κ2) is 5.79. The van der Waals surface area contributed by atoms with E-state index < -0.39 is 5.97 Å². The van der Waals surface area contributed by atoms with Crippen LogP contribution in [-0.4, -0.2) is 17.7 Å². The van der Waals surface area contributed by atoms with Gasteiger partial charge in [-0.3, -0.25) is 0 Å². The lowest BCUT2D eigenvalue weighted by molar-refractivity contribution is 0.0696. The van der Waals surface area contributed by atoms with Gasteiger partial charge in [-0.25, -0.2) is 4.79 Å². The normalized spacial score (nSPS) is 10.9. The minimum atomic E-state index is -0.917. The van der Waals surface area contributed by atoms with Crippen LogP contribution < -0.4 is 4.74 Å². The standard InChI is InChI=1S/C16H20O3/c1-6-9-16(4,5)10-19-14-8-7-13(15(17)18)11(2)12(14)3/h1,7-8H,9-10H2,2-5H3,(H,17,18). The fourth-order valence-corrected chi connectivity index (χ4v) is 1.78. The quantitative estimate of drug-likeness (QED) is 0.825. The molecule has 0 saturated heterocycles. The SMILES string of the molecule is C#CCC(C)(C)COc1ccc(C(=O)O)c(C)c1C. The number of carboxylic acids is 1. The minimum Gasteiger partial charge on any atom is -0.493 e. The Morgan fingerprint density at radius 3 is 2.53 bits per heavy atom. The van der Waals surface area contributed by atoms with Crippen LogP contribution >= 0.6 is 0 Å². The first-order chi connectivity index (χ1) is 8.78. The van der Waals surface area contributed by atoms with Crippen LogP contribution in [0.4, 0.5) is 0 Å². The summed E-state index contributed by atoms with van der Waals surface area (Å²) in [7, 11) is 0. The topological polar surface area (TPSA) is 46.5 Å². The van der Waals surface area contributed by atoms with E-state index in [1.165, 1.54) is 0 Å². The van der Waals surface area contributed by atoms with E-state index in [2.05, 4.69) is 5.92 Å². The molecule has 0 radical (unpaired) electrons. The number of hydrogen-bond donors (Lipinski definition) is 1. The first kappa shape index (κ1) is 15.1. The fraction of sp³-hybridized carbons (Fsp3) is 0.438. The summed E-state index contributed by atoms with van der Waals surface area (Å²) in [5.74, 6) is 2.44. The summed E-state index contributed by atoms with van der Waals surface area (Å²) in [6, 6.07) is 3.28. The average molecular weight is 260 g/mol. The van der Waals surface area contributed by atoms with Gasteiger partial charge < -0.3 is 9.84 Å². The molecular formula is C16H20O3. The molecule has 19 heavy (non-hydrogen) atoms. The van der Waals surface area contributed by atoms with Gasteiger partial charge in [0.1, 0.15) is 5.75 Å². The maximum absolute atomic E-state index is 11.0. The molecule has 0 aliphatic heterocycles. The first-order valence-electron chi connectivity index (χ1n) is 6.18. The second-order valence-corrected chi connectivity index (χ2v) is 5.50. The number of aromatic carboxylic acids is 1. The summed E-state index contributed by atoms with van der Waals surface area (Å²) in [5, 5.41) is 9.05. The molecule has 0 aliphatic carbocycles. The molecule has 0 saturated carbocycles. The van der Waals surface area contributed by atoms with Gasteiger partial charge in [-0.2, -0.15) is 0 Å². The summed E-state index contributed by atoms with van der Waals surface area (Å²) in [6.45, 7) is 8.24. The third-order valence-corrected chi connectivity index (χ3v) is 3.17. The monoisotopic (exact) mass is 260 g/mol. The third-order valence-electron chi connectivity index (χ3n) is 3.17. The zero-order valence-corrected chi connectivity index (χ0v) is 11.9. The van der Waals surface area contributed by atoms with E-state index in [1.807, 2.05) is 20.8 Å². The molecule has 0 aliphatic rings. The zero-order chi connectivity index (χ0) is 14.6. The van der Waals surface area contributed by atoms with Crippen LogP contribution in [0.15, 0.2) is 12.1 Å². The second-order valence-electron chi connectivity index (χ2n) is 5.50. The first-order valence-corrected chi connectivity index (χ1v) is 6.18. The molecule has 0 aromatic heterocycles. The van der Waals surface area contributed by atoms with Crippen molar-refractivity contribution in [2.75, 3.05) is 6.61 Å². The predicted molar refractivity (Wildman–Crippen MR) is 75.6 cm³/mol. The Morgan fingerprint density at radius 1 is 1.37 bits per heavy atom. The van der Waals surface area contributed by atoms with Crippen molar-refractivity contribution >= 4 is 5.97 Å². The molecule has 0 atom stereocenters. The molecule has 0 amide bonds. The van der Waals surface area contributed by atoms with Gasteiger partial charge in [-0.15, -0.1) is 12.3 Å². The minimum absolute atomic E-state index is 0.0967. The van der Waals surface area contributed by atoms with Crippen molar-refractivity contribution in [3.63, 3.8) is 0 Å². The smallest absolute Gasteiger partial charge is 0.335 e. The van der Waals surface area contributed by atoms with E-state index in [1.54, 1.807) is 19.1 Å². The van der Waals surface area contributed by atoms with Crippen molar-refractivity contribution in [2.45, 2.75) is 34.1 Å². The van der Waals surface area contributed by atoms with Gasteiger partial charge in [0.05, 0.1) is 12.2 Å². The lowest BCUT2D eigenvalue weighted by Gasteiger charge is -2.23. The van der Waals surface area contributed by atoms with Crippen molar-refractivity contribution in [1.29, 1.82) is 0 Å². The molecule has 102 valence electrons. The van der Waals surface area contributed by atoms with Gasteiger partial charge in [0, 0.05) is 11.8 Å². The Balaban J connectivity index is 2.90. The molecule has 0 fully saturated rings. The lowest BCUT2D eigenvalue weighted by atomic mass is 9.91. The van der Waals surface area contributed by atoms with Crippen molar-refractivity contribution in [1.82, 2.24) is 0 Å². The molecular weight excluding hydrogens is 240 g/mol. The number of terminal acetylenes is 1. The molecule has 3 heteroatoms. The van der Waals surface area contributed by atoms with Crippen LogP contribution in [0.3, 0.4) is 0 Å². The Labute approximate surface area is 114 Å². The summed E-state index contributed by atoms with van der Waals surface area (Å²) in [4.78, 5) is 11.0. The van der Waals surface area contributed by atoms with Crippen LogP contribution in [0.5, 0.6) is 5.75 Å². The molecule has 1 rings (SSSR count). The maximum atomic E-state index is 11.0. The summed E-state index contributed by atoms with van der Waals surface area (Å²) >= 11 is 0. The van der Waals surface area contributed by atoms with Gasteiger partial charge in [-0.1, -0.05) is 13.8 Å². The Kier molecular flexibility index (Phi) is 4.61. The molecule has 1 N–H and O–H groups in total. The van der Waals surface area contributed by atoms with E-state index in [4.69, 9.17) is 16.3 Å². The van der Waals surface area contributed by atoms with Gasteiger partial charge in [0.15, 0.2) is 0 Å². The number of ether oxygens (including phenoxy) is 1. The van der Waals surface area contributed by atoms with E-state index in [0.29, 0.717) is 24.3 Å². The van der Waals surface area contributed by atoms with Crippen molar-refractivity contribution in [3.05, 3.63) is 28.8 Å². The third kappa shape index (κ3) is 3.75. The number of rotatable bonds is 5. The maximum Gasteiger partial charge on any atom is 0.335 e. The molecule has 0 unspecified atom stereocenters. The number of carboxylic acid groups (broad SMARTS) is 1. The van der Waals surface area contributed by atoms with Crippen molar-refractivity contribution in [3.8, 4) is 18.1 Å². The molecule has 0 heterocycles. The molecule has 0 spiro atoms. The van der Waals surface area contributed by atoms with Crippen LogP contribution in [-0.2, 0) is 0 Å². The van der Waals surface area contributed by atoms with Gasteiger partial charge in [0.2, 0.25) is 0 Å². The van der Waals surface area contributed by atoms with Crippen LogP contribution in [0.1, 0.15) is 41.8 Å². The van der Waals surface area contributed by atoms with Gasteiger partial charge in [-0.05, 0) is 37.1 Å². The Hall–Kier alpha value is -1.95. The molecule has 1 aromatic carbocycles. The number of benzene rings is 1. The summed E-state index contributed by atoms with van der Waals surface area (Å²) in [5.41, 5.74) is 1.81. The number of hydrogen-bond acceptors (Lipinski definition) is 2. The lowest BCUT2D eigenvalue weighted by Crippen LogP contribution is -2.21. The Morgan fingerprint density at radius 2 is 2.00 bits per heavy atom. The van der Waals surface area contributed by atoms with Crippen molar-refractivity contribution < 1.29 is 14.6 Å². The Bertz CT molecular complexity index is 522. The number of carbonyl (C=O) groups is 1. The molecule has 1 aromatic rings. The molecule has 0 bridgehead atoms. The van der Waals surface area contributed by atoms with Gasteiger partial charge >= 0.3 is 5.97 Å². The highest BCUT2D eigenvalue weighted by Gasteiger charge is 2.19. The van der Waals surface area contributed by atoms with E-state index in [-0.39, 0.29) is 5.41 Å². The zero-order valence-electron chi connectivity index (χ0n) is 11.9. The van der Waals surface area contributed by atoms with Crippen LogP contribution in [0.25, 0.3) is 0 Å². The van der Waals surface area contributed by atoms with E-state index in [0.717, 1.165) is 11.1 Å². The van der Waals surface area contributed by atoms with E-state index >= 15 is 0 Å². The van der Waals surface area contributed by atoms with Gasteiger partial charge in [0.25, 0.3) is 0 Å². The average Bonchev–Trinajstić information content (AvgIpc) is 2.30. The van der Waals surface area contributed by atoms with Crippen LogP contribution in [0, 0.1) is 31.6 Å². The highest BCUT2D eigenvalue weighted by Crippen LogP contribution is 2.27. The highest BCUT2D eigenvalue weighted by molar-refractivity contribution is 5.90. The highest BCUT2D eigenvalue weighted by atomic mass is 16.5. The van der Waals surface area contributed by atoms with Crippen LogP contribution in [0.2, 0.25) is 0 Å².